The molecule has 0 fully saturated rings. The summed E-state index contributed by atoms with van der Waals surface area (Å²) in [4.78, 5) is 2.04. The number of rotatable bonds is 2. The highest BCUT2D eigenvalue weighted by atomic mass is 19.1. The van der Waals surface area contributed by atoms with E-state index in [1.807, 2.05) is 4.90 Å². The van der Waals surface area contributed by atoms with Gasteiger partial charge < -0.3 is 4.90 Å². The van der Waals surface area contributed by atoms with Crippen LogP contribution >= 0.6 is 0 Å². The maximum absolute atomic E-state index is 13.1. The Bertz CT molecular complexity index is 426. The fourth-order valence-corrected chi connectivity index (χ4v) is 2.03. The zero-order chi connectivity index (χ0) is 11.9. The molecule has 0 amide bonds. The Morgan fingerprint density at radius 2 is 2.00 bits per heavy atom. The summed E-state index contributed by atoms with van der Waals surface area (Å²) in [5, 5.41) is 8.07. The topological polar surface area (TPSA) is 27.1 Å². The van der Waals surface area contributed by atoms with Crippen LogP contribution in [0.2, 0.25) is 0 Å². The Balaban J connectivity index is 2.31. The minimum absolute atomic E-state index is 0.262. The van der Waals surface area contributed by atoms with Gasteiger partial charge in [-0.1, -0.05) is 19.9 Å². The standard InChI is InChI=1S/C13H17FN2/c1-8(2)9(3)16-7-10-4-5-11(14)6-12(10)13(16)15/h4-6,8-9,15H,7H2,1-3H3. The van der Waals surface area contributed by atoms with Crippen LogP contribution in [0.4, 0.5) is 4.39 Å². The fraction of sp³-hybridized carbons (Fsp3) is 0.462. The molecule has 1 unspecified atom stereocenters. The maximum atomic E-state index is 13.1. The molecule has 2 nitrogen and oxygen atoms in total. The SMILES string of the molecule is CC(C)C(C)N1Cc2ccc(F)cc2C1=N. The summed E-state index contributed by atoms with van der Waals surface area (Å²) in [6.07, 6.45) is 0. The van der Waals surface area contributed by atoms with Gasteiger partial charge >= 0.3 is 0 Å². The number of nitrogens with zero attached hydrogens (tertiary/aromatic N) is 1. The number of hydrogen-bond donors (Lipinski definition) is 1. The molecule has 1 aliphatic heterocycles. The Morgan fingerprint density at radius 1 is 1.31 bits per heavy atom. The average molecular weight is 220 g/mol. The molecule has 1 aliphatic rings. The molecule has 0 bridgehead atoms. The van der Waals surface area contributed by atoms with E-state index in [0.29, 0.717) is 17.8 Å². The number of hydrogen-bond acceptors (Lipinski definition) is 1. The highest BCUT2D eigenvalue weighted by Crippen LogP contribution is 2.27. The molecule has 0 saturated carbocycles. The van der Waals surface area contributed by atoms with Gasteiger partial charge in [-0.3, -0.25) is 5.41 Å². The molecule has 1 heterocycles. The minimum atomic E-state index is -0.262. The molecule has 0 aliphatic carbocycles. The second-order valence-electron chi connectivity index (χ2n) is 4.76. The van der Waals surface area contributed by atoms with Crippen LogP contribution in [-0.4, -0.2) is 16.8 Å². The zero-order valence-corrected chi connectivity index (χ0v) is 9.92. The summed E-state index contributed by atoms with van der Waals surface area (Å²) in [6, 6.07) is 5.02. The van der Waals surface area contributed by atoms with Gasteiger partial charge in [0, 0.05) is 18.2 Å². The lowest BCUT2D eigenvalue weighted by atomic mass is 10.1. The molecule has 0 aromatic heterocycles. The lowest BCUT2D eigenvalue weighted by Gasteiger charge is -2.29. The number of fused-ring (bicyclic) bond motifs is 1. The second-order valence-corrected chi connectivity index (χ2v) is 4.76. The molecule has 0 saturated heterocycles. The van der Waals surface area contributed by atoms with Crippen LogP contribution in [0, 0.1) is 17.1 Å². The van der Waals surface area contributed by atoms with Crippen LogP contribution in [0.1, 0.15) is 31.9 Å². The third-order valence-electron chi connectivity index (χ3n) is 3.41. The van der Waals surface area contributed by atoms with Gasteiger partial charge in [-0.2, -0.15) is 0 Å². The monoisotopic (exact) mass is 220 g/mol. The molecule has 1 aromatic carbocycles. The van der Waals surface area contributed by atoms with E-state index in [4.69, 9.17) is 5.41 Å². The largest absolute Gasteiger partial charge is 0.349 e. The first-order chi connectivity index (χ1) is 7.50. The Hall–Kier alpha value is -1.38. The number of halogens is 1. The van der Waals surface area contributed by atoms with E-state index in [2.05, 4.69) is 20.8 Å². The summed E-state index contributed by atoms with van der Waals surface area (Å²) in [7, 11) is 0. The van der Waals surface area contributed by atoms with Crippen molar-refractivity contribution in [3.63, 3.8) is 0 Å². The van der Waals surface area contributed by atoms with E-state index in [9.17, 15) is 4.39 Å². The Morgan fingerprint density at radius 3 is 2.62 bits per heavy atom. The molecule has 0 radical (unpaired) electrons. The maximum Gasteiger partial charge on any atom is 0.129 e. The van der Waals surface area contributed by atoms with E-state index >= 15 is 0 Å². The average Bonchev–Trinajstić information content (AvgIpc) is 2.55. The molecule has 86 valence electrons. The summed E-state index contributed by atoms with van der Waals surface area (Å²) < 4.78 is 13.1. The zero-order valence-electron chi connectivity index (χ0n) is 9.92. The lowest BCUT2D eigenvalue weighted by molar-refractivity contribution is 0.268. The van der Waals surface area contributed by atoms with Crippen molar-refractivity contribution in [3.8, 4) is 0 Å². The van der Waals surface area contributed by atoms with Crippen molar-refractivity contribution < 1.29 is 4.39 Å². The number of benzene rings is 1. The van der Waals surface area contributed by atoms with E-state index in [1.165, 1.54) is 12.1 Å². The molecule has 1 aromatic rings. The predicted molar refractivity (Wildman–Crippen MR) is 63.1 cm³/mol. The summed E-state index contributed by atoms with van der Waals surface area (Å²) >= 11 is 0. The first-order valence-electron chi connectivity index (χ1n) is 5.64. The lowest BCUT2D eigenvalue weighted by Crippen LogP contribution is -2.36. The van der Waals surface area contributed by atoms with E-state index in [-0.39, 0.29) is 5.82 Å². The van der Waals surface area contributed by atoms with Crippen LogP contribution in [0.5, 0.6) is 0 Å². The molecular formula is C13H17FN2. The minimum Gasteiger partial charge on any atom is -0.349 e. The molecule has 16 heavy (non-hydrogen) atoms. The second kappa shape index (κ2) is 3.89. The van der Waals surface area contributed by atoms with Crippen LogP contribution < -0.4 is 0 Å². The van der Waals surface area contributed by atoms with Crippen molar-refractivity contribution in [1.29, 1.82) is 5.41 Å². The third-order valence-corrected chi connectivity index (χ3v) is 3.41. The summed E-state index contributed by atoms with van der Waals surface area (Å²) in [5.74, 6) is 0.678. The third kappa shape index (κ3) is 1.70. The molecule has 3 heteroatoms. The van der Waals surface area contributed by atoms with Gasteiger partial charge in [-0.15, -0.1) is 0 Å². The van der Waals surface area contributed by atoms with Crippen molar-refractivity contribution in [1.82, 2.24) is 4.90 Å². The van der Waals surface area contributed by atoms with Crippen molar-refractivity contribution >= 4 is 5.84 Å². The van der Waals surface area contributed by atoms with E-state index in [1.54, 1.807) is 6.07 Å². The first kappa shape index (κ1) is 11.1. The van der Waals surface area contributed by atoms with Gasteiger partial charge in [0.15, 0.2) is 0 Å². The van der Waals surface area contributed by atoms with Crippen molar-refractivity contribution in [2.45, 2.75) is 33.4 Å². The highest BCUT2D eigenvalue weighted by Gasteiger charge is 2.29. The predicted octanol–water partition coefficient (Wildman–Crippen LogP) is 3.01. The van der Waals surface area contributed by atoms with Crippen molar-refractivity contribution in [2.75, 3.05) is 0 Å². The first-order valence-corrected chi connectivity index (χ1v) is 5.64. The fourth-order valence-electron chi connectivity index (χ4n) is 2.03. The molecule has 1 N–H and O–H groups in total. The van der Waals surface area contributed by atoms with Crippen molar-refractivity contribution in [2.24, 2.45) is 5.92 Å². The molecule has 0 spiro atoms. The van der Waals surface area contributed by atoms with Gasteiger partial charge in [-0.05, 0) is 30.5 Å². The van der Waals surface area contributed by atoms with Crippen LogP contribution in [-0.2, 0) is 6.54 Å². The van der Waals surface area contributed by atoms with Crippen LogP contribution in [0.3, 0.4) is 0 Å². The Kier molecular flexibility index (Phi) is 2.70. The highest BCUT2D eigenvalue weighted by molar-refractivity contribution is 6.00. The van der Waals surface area contributed by atoms with Gasteiger partial charge in [0.25, 0.3) is 0 Å². The van der Waals surface area contributed by atoms with Crippen molar-refractivity contribution in [3.05, 3.63) is 35.1 Å². The normalized spacial score (nSPS) is 16.8. The van der Waals surface area contributed by atoms with E-state index in [0.717, 1.165) is 17.7 Å². The van der Waals surface area contributed by atoms with Gasteiger partial charge in [0.1, 0.15) is 11.7 Å². The molecule has 2 rings (SSSR count). The molecule has 1 atom stereocenters. The number of amidine groups is 1. The quantitative estimate of drug-likeness (QED) is 0.815. The van der Waals surface area contributed by atoms with E-state index < -0.39 is 0 Å². The molecular weight excluding hydrogens is 203 g/mol. The van der Waals surface area contributed by atoms with Crippen LogP contribution in [0.15, 0.2) is 18.2 Å². The smallest absolute Gasteiger partial charge is 0.129 e. The van der Waals surface area contributed by atoms with Gasteiger partial charge in [0.2, 0.25) is 0 Å². The Labute approximate surface area is 95.6 Å². The summed E-state index contributed by atoms with van der Waals surface area (Å²) in [6.45, 7) is 7.12. The van der Waals surface area contributed by atoms with Gasteiger partial charge in [-0.25, -0.2) is 4.39 Å². The van der Waals surface area contributed by atoms with Crippen LogP contribution in [0.25, 0.3) is 0 Å². The summed E-state index contributed by atoms with van der Waals surface area (Å²) in [5.41, 5.74) is 1.80. The number of nitrogens with one attached hydrogen (secondary N) is 1. The van der Waals surface area contributed by atoms with Gasteiger partial charge in [0.05, 0.1) is 0 Å².